The molecule has 0 radical (unpaired) electrons. The maximum atomic E-state index is 12.8. The van der Waals surface area contributed by atoms with Crippen LogP contribution in [-0.2, 0) is 21.2 Å². The third-order valence-corrected chi connectivity index (χ3v) is 4.91. The predicted molar refractivity (Wildman–Crippen MR) is 81.3 cm³/mol. The van der Waals surface area contributed by atoms with Gasteiger partial charge in [0.15, 0.2) is 9.84 Å². The highest BCUT2D eigenvalue weighted by atomic mass is 32.2. The molecule has 0 aliphatic rings. The summed E-state index contributed by atoms with van der Waals surface area (Å²) in [6, 6.07) is 10.1. The third-order valence-electron chi connectivity index (χ3n) is 3.17. The van der Waals surface area contributed by atoms with Crippen LogP contribution in [0.25, 0.3) is 0 Å². The van der Waals surface area contributed by atoms with Crippen molar-refractivity contribution in [2.45, 2.75) is 17.9 Å². The molecule has 23 heavy (non-hydrogen) atoms. The Morgan fingerprint density at radius 3 is 2.00 bits per heavy atom. The quantitative estimate of drug-likeness (QED) is 0.822. The molecule has 2 rings (SSSR count). The van der Waals surface area contributed by atoms with Crippen LogP contribution < -0.4 is 5.32 Å². The molecule has 0 spiro atoms. The van der Waals surface area contributed by atoms with Crippen LogP contribution in [0.1, 0.15) is 12.0 Å². The zero-order chi connectivity index (χ0) is 16.9. The minimum absolute atomic E-state index is 0.0229. The van der Waals surface area contributed by atoms with Gasteiger partial charge in [-0.3, -0.25) is 4.79 Å². The fraction of sp³-hybridized carbons (Fsp3) is 0.188. The Labute approximate surface area is 133 Å². The van der Waals surface area contributed by atoms with E-state index in [4.69, 9.17) is 0 Å². The van der Waals surface area contributed by atoms with Crippen molar-refractivity contribution < 1.29 is 22.0 Å². The normalized spacial score (nSPS) is 11.2. The smallest absolute Gasteiger partial charge is 0.221 e. The molecule has 4 nitrogen and oxygen atoms in total. The lowest BCUT2D eigenvalue weighted by atomic mass is 10.2. The molecule has 2 aromatic rings. The lowest BCUT2D eigenvalue weighted by molar-refractivity contribution is -0.120. The van der Waals surface area contributed by atoms with Gasteiger partial charge in [-0.1, -0.05) is 12.1 Å². The van der Waals surface area contributed by atoms with Gasteiger partial charge in [-0.15, -0.1) is 0 Å². The Morgan fingerprint density at radius 2 is 1.43 bits per heavy atom. The van der Waals surface area contributed by atoms with E-state index in [0.717, 1.165) is 12.1 Å². The number of halogens is 2. The number of nitrogens with one attached hydrogen (secondary N) is 1. The average Bonchev–Trinajstić information content (AvgIpc) is 2.53. The Morgan fingerprint density at radius 1 is 0.913 bits per heavy atom. The Hall–Kier alpha value is -2.28. The highest BCUT2D eigenvalue weighted by Gasteiger charge is 2.16. The first-order chi connectivity index (χ1) is 10.9. The van der Waals surface area contributed by atoms with Crippen LogP contribution in [0.15, 0.2) is 53.4 Å². The van der Waals surface area contributed by atoms with Crippen LogP contribution in [0.5, 0.6) is 0 Å². The molecule has 1 amide bonds. The molecule has 0 aromatic heterocycles. The summed E-state index contributed by atoms with van der Waals surface area (Å²) in [5, 5.41) is 2.57. The van der Waals surface area contributed by atoms with Gasteiger partial charge in [0.25, 0.3) is 0 Å². The van der Waals surface area contributed by atoms with E-state index in [1.807, 2.05) is 0 Å². The third kappa shape index (κ3) is 5.14. The van der Waals surface area contributed by atoms with E-state index in [9.17, 15) is 22.0 Å². The van der Waals surface area contributed by atoms with E-state index in [1.54, 1.807) is 0 Å². The lowest BCUT2D eigenvalue weighted by Gasteiger charge is -2.07. The van der Waals surface area contributed by atoms with Gasteiger partial charge in [0.2, 0.25) is 5.91 Å². The summed E-state index contributed by atoms with van der Waals surface area (Å²) in [5.74, 6) is -1.69. The van der Waals surface area contributed by atoms with Crippen molar-refractivity contribution >= 4 is 15.7 Å². The van der Waals surface area contributed by atoms with Crippen molar-refractivity contribution in [1.29, 1.82) is 0 Å². The first-order valence-electron chi connectivity index (χ1n) is 6.86. The minimum Gasteiger partial charge on any atom is -0.352 e. The minimum atomic E-state index is -3.64. The molecule has 0 unspecified atom stereocenters. The molecule has 0 bridgehead atoms. The molecule has 0 saturated heterocycles. The number of rotatable bonds is 6. The molecule has 1 N–H and O–H groups in total. The Kier molecular flexibility index (Phi) is 5.44. The Bertz CT molecular complexity index is 772. The van der Waals surface area contributed by atoms with E-state index in [0.29, 0.717) is 5.56 Å². The molecular formula is C16H15F2NO3S. The van der Waals surface area contributed by atoms with E-state index < -0.39 is 21.6 Å². The summed E-state index contributed by atoms with van der Waals surface area (Å²) in [5.41, 5.74) is 0.709. The zero-order valence-corrected chi connectivity index (χ0v) is 12.9. The molecule has 0 aliphatic carbocycles. The standard InChI is InChI=1S/C16H15F2NO3S/c17-13-3-1-12(2-4-13)11-19-16(20)9-10-23(21,22)15-7-5-14(18)6-8-15/h1-8H,9-11H2,(H,19,20). The number of hydrogen-bond donors (Lipinski definition) is 1. The van der Waals surface area contributed by atoms with Crippen molar-refractivity contribution in [3.05, 3.63) is 65.7 Å². The van der Waals surface area contributed by atoms with Gasteiger partial charge >= 0.3 is 0 Å². The molecule has 2 aromatic carbocycles. The lowest BCUT2D eigenvalue weighted by Crippen LogP contribution is -2.25. The van der Waals surface area contributed by atoms with Gasteiger partial charge in [0.1, 0.15) is 11.6 Å². The van der Waals surface area contributed by atoms with Crippen LogP contribution in [0.3, 0.4) is 0 Å². The van der Waals surface area contributed by atoms with Crippen molar-refractivity contribution in [2.75, 3.05) is 5.75 Å². The monoisotopic (exact) mass is 339 g/mol. The second kappa shape index (κ2) is 7.32. The molecule has 0 heterocycles. The summed E-state index contributed by atoms with van der Waals surface area (Å²) < 4.78 is 49.6. The summed E-state index contributed by atoms with van der Waals surface area (Å²) in [4.78, 5) is 11.7. The highest BCUT2D eigenvalue weighted by Crippen LogP contribution is 2.12. The largest absolute Gasteiger partial charge is 0.352 e. The molecule has 122 valence electrons. The molecule has 0 atom stereocenters. The van der Waals surface area contributed by atoms with E-state index in [1.165, 1.54) is 36.4 Å². The first kappa shape index (κ1) is 17.1. The number of amides is 1. The van der Waals surface area contributed by atoms with Crippen molar-refractivity contribution in [2.24, 2.45) is 0 Å². The predicted octanol–water partition coefficient (Wildman–Crippen LogP) is 2.45. The van der Waals surface area contributed by atoms with Gasteiger partial charge in [-0.25, -0.2) is 17.2 Å². The zero-order valence-electron chi connectivity index (χ0n) is 12.1. The van der Waals surface area contributed by atoms with Gasteiger partial charge in [-0.05, 0) is 42.0 Å². The van der Waals surface area contributed by atoms with Gasteiger partial charge < -0.3 is 5.32 Å². The van der Waals surface area contributed by atoms with Gasteiger partial charge in [0, 0.05) is 13.0 Å². The highest BCUT2D eigenvalue weighted by molar-refractivity contribution is 7.91. The molecular weight excluding hydrogens is 324 g/mol. The van der Waals surface area contributed by atoms with Crippen LogP contribution in [-0.4, -0.2) is 20.1 Å². The maximum Gasteiger partial charge on any atom is 0.221 e. The average molecular weight is 339 g/mol. The first-order valence-corrected chi connectivity index (χ1v) is 8.51. The fourth-order valence-corrected chi connectivity index (χ4v) is 3.12. The number of sulfone groups is 1. The topological polar surface area (TPSA) is 63.2 Å². The maximum absolute atomic E-state index is 12.8. The number of benzene rings is 2. The number of carbonyl (C=O) groups is 1. The van der Waals surface area contributed by atoms with E-state index in [2.05, 4.69) is 5.32 Å². The second-order valence-corrected chi connectivity index (χ2v) is 7.04. The van der Waals surface area contributed by atoms with Crippen LogP contribution in [0, 0.1) is 11.6 Å². The summed E-state index contributed by atoms with van der Waals surface area (Å²) >= 11 is 0. The van der Waals surface area contributed by atoms with Crippen LogP contribution >= 0.6 is 0 Å². The second-order valence-electron chi connectivity index (χ2n) is 4.93. The van der Waals surface area contributed by atoms with Gasteiger partial charge in [-0.2, -0.15) is 0 Å². The summed E-state index contributed by atoms with van der Waals surface area (Å²) in [7, 11) is -3.64. The molecule has 7 heteroatoms. The molecule has 0 aliphatic heterocycles. The van der Waals surface area contributed by atoms with E-state index in [-0.39, 0.29) is 29.4 Å². The number of hydrogen-bond acceptors (Lipinski definition) is 3. The number of carbonyl (C=O) groups excluding carboxylic acids is 1. The molecule has 0 saturated carbocycles. The van der Waals surface area contributed by atoms with Crippen LogP contribution in [0.2, 0.25) is 0 Å². The fourth-order valence-electron chi connectivity index (χ4n) is 1.88. The van der Waals surface area contributed by atoms with E-state index >= 15 is 0 Å². The van der Waals surface area contributed by atoms with Crippen LogP contribution in [0.4, 0.5) is 8.78 Å². The van der Waals surface area contributed by atoms with Crippen molar-refractivity contribution in [1.82, 2.24) is 5.32 Å². The van der Waals surface area contributed by atoms with Crippen molar-refractivity contribution in [3.8, 4) is 0 Å². The SMILES string of the molecule is O=C(CCS(=O)(=O)c1ccc(F)cc1)NCc1ccc(F)cc1. The molecule has 0 fully saturated rings. The summed E-state index contributed by atoms with van der Waals surface area (Å²) in [6.07, 6.45) is -0.207. The van der Waals surface area contributed by atoms with Crippen molar-refractivity contribution in [3.63, 3.8) is 0 Å². The summed E-state index contributed by atoms with van der Waals surface area (Å²) in [6.45, 7) is 0.190. The Balaban J connectivity index is 1.86. The van der Waals surface area contributed by atoms with Gasteiger partial charge in [0.05, 0.1) is 10.6 Å².